The van der Waals surface area contributed by atoms with Crippen LogP contribution in [0.4, 0.5) is 8.78 Å². The van der Waals surface area contributed by atoms with E-state index >= 15 is 0 Å². The Balaban J connectivity index is 2.29. The second kappa shape index (κ2) is 2.52. The van der Waals surface area contributed by atoms with Crippen LogP contribution in [0.25, 0.3) is 0 Å². The molecule has 64 valence electrons. The fourth-order valence-electron chi connectivity index (χ4n) is 1.34. The van der Waals surface area contributed by atoms with E-state index in [1.165, 1.54) is 6.07 Å². The molecule has 0 unspecified atom stereocenters. The van der Waals surface area contributed by atoms with Crippen molar-refractivity contribution < 1.29 is 8.78 Å². The summed E-state index contributed by atoms with van der Waals surface area (Å²) in [6.07, 6.45) is 0.880. The topological polar surface area (TPSA) is 26.0 Å². The van der Waals surface area contributed by atoms with Crippen LogP contribution in [0, 0.1) is 11.6 Å². The maximum absolute atomic E-state index is 12.7. The molecule has 0 bridgehead atoms. The van der Waals surface area contributed by atoms with Gasteiger partial charge in [-0.25, -0.2) is 8.78 Å². The van der Waals surface area contributed by atoms with Gasteiger partial charge in [0.05, 0.1) is 0 Å². The van der Waals surface area contributed by atoms with Crippen molar-refractivity contribution >= 4 is 0 Å². The molecule has 1 aromatic rings. The zero-order valence-electron chi connectivity index (χ0n) is 6.43. The van der Waals surface area contributed by atoms with Crippen molar-refractivity contribution in [1.29, 1.82) is 0 Å². The third-order valence-electron chi connectivity index (χ3n) is 2.21. The van der Waals surface area contributed by atoms with Gasteiger partial charge < -0.3 is 5.73 Å². The summed E-state index contributed by atoms with van der Waals surface area (Å²) in [7, 11) is 0. The van der Waals surface area contributed by atoms with Crippen LogP contribution in [0.15, 0.2) is 18.2 Å². The number of benzene rings is 1. The summed E-state index contributed by atoms with van der Waals surface area (Å²) < 4.78 is 25.2. The Morgan fingerprint density at radius 3 is 2.42 bits per heavy atom. The smallest absolute Gasteiger partial charge is 0.159 e. The molecule has 0 aromatic heterocycles. The fraction of sp³-hybridized carbons (Fsp3) is 0.333. The SMILES string of the molecule is N[C@H]1C[C@@H]1c1ccc(F)c(F)c1. The van der Waals surface area contributed by atoms with E-state index < -0.39 is 11.6 Å². The van der Waals surface area contributed by atoms with E-state index in [0.717, 1.165) is 18.1 Å². The molecular formula is C9H9F2N. The predicted molar refractivity (Wildman–Crippen MR) is 41.7 cm³/mol. The van der Waals surface area contributed by atoms with Gasteiger partial charge in [0, 0.05) is 12.0 Å². The largest absolute Gasteiger partial charge is 0.327 e. The molecule has 2 atom stereocenters. The van der Waals surface area contributed by atoms with E-state index in [2.05, 4.69) is 0 Å². The number of rotatable bonds is 1. The first-order valence-electron chi connectivity index (χ1n) is 3.89. The van der Waals surface area contributed by atoms with Crippen LogP contribution in [0.2, 0.25) is 0 Å². The van der Waals surface area contributed by atoms with Crippen LogP contribution in [-0.2, 0) is 0 Å². The minimum atomic E-state index is -0.798. The van der Waals surface area contributed by atoms with Crippen molar-refractivity contribution in [2.45, 2.75) is 18.4 Å². The summed E-state index contributed by atoms with van der Waals surface area (Å²) in [5.41, 5.74) is 6.38. The number of hydrogen-bond donors (Lipinski definition) is 1. The van der Waals surface area contributed by atoms with Crippen LogP contribution in [-0.4, -0.2) is 6.04 Å². The third kappa shape index (κ3) is 1.20. The highest BCUT2D eigenvalue weighted by atomic mass is 19.2. The van der Waals surface area contributed by atoms with E-state index in [0.29, 0.717) is 0 Å². The molecule has 1 aliphatic rings. The summed E-state index contributed by atoms with van der Waals surface area (Å²) in [4.78, 5) is 0. The van der Waals surface area contributed by atoms with Gasteiger partial charge in [-0.3, -0.25) is 0 Å². The van der Waals surface area contributed by atoms with Crippen LogP contribution in [0.3, 0.4) is 0 Å². The van der Waals surface area contributed by atoms with E-state index in [1.54, 1.807) is 6.07 Å². The van der Waals surface area contributed by atoms with Crippen molar-refractivity contribution in [2.75, 3.05) is 0 Å². The molecule has 2 rings (SSSR count). The molecule has 0 heterocycles. The Morgan fingerprint density at radius 2 is 1.92 bits per heavy atom. The second-order valence-electron chi connectivity index (χ2n) is 3.18. The zero-order chi connectivity index (χ0) is 8.72. The number of nitrogens with two attached hydrogens (primary N) is 1. The standard InChI is InChI=1S/C9H9F2N/c10-7-2-1-5(3-8(7)11)6-4-9(6)12/h1-3,6,9H,4,12H2/t6-,9+/m1/s1. The molecule has 0 radical (unpaired) electrons. The lowest BCUT2D eigenvalue weighted by molar-refractivity contribution is 0.507. The van der Waals surface area contributed by atoms with Crippen LogP contribution in [0.1, 0.15) is 17.9 Å². The van der Waals surface area contributed by atoms with Crippen molar-refractivity contribution in [3.05, 3.63) is 35.4 Å². The Hall–Kier alpha value is -0.960. The molecule has 1 aromatic carbocycles. The summed E-state index contributed by atoms with van der Waals surface area (Å²) >= 11 is 0. The van der Waals surface area contributed by atoms with Gasteiger partial charge in [0.2, 0.25) is 0 Å². The Kier molecular flexibility index (Phi) is 1.61. The molecule has 0 saturated heterocycles. The number of hydrogen-bond acceptors (Lipinski definition) is 1. The van der Waals surface area contributed by atoms with E-state index in [4.69, 9.17) is 5.73 Å². The minimum absolute atomic E-state index is 0.134. The quantitative estimate of drug-likeness (QED) is 0.681. The number of halogens is 2. The first-order chi connectivity index (χ1) is 5.68. The molecule has 0 aliphatic heterocycles. The molecule has 1 aliphatic carbocycles. The monoisotopic (exact) mass is 169 g/mol. The summed E-state index contributed by atoms with van der Waals surface area (Å²) in [6.45, 7) is 0. The van der Waals surface area contributed by atoms with Gasteiger partial charge in [-0.2, -0.15) is 0 Å². The Labute approximate surface area is 69.2 Å². The highest BCUT2D eigenvalue weighted by Gasteiger charge is 2.35. The first kappa shape index (κ1) is 7.68. The summed E-state index contributed by atoms with van der Waals surface area (Å²) in [6, 6.07) is 4.10. The van der Waals surface area contributed by atoms with Crippen molar-refractivity contribution in [1.82, 2.24) is 0 Å². The molecule has 1 saturated carbocycles. The Morgan fingerprint density at radius 1 is 1.25 bits per heavy atom. The zero-order valence-corrected chi connectivity index (χ0v) is 6.43. The van der Waals surface area contributed by atoms with Gasteiger partial charge in [-0.05, 0) is 24.1 Å². The van der Waals surface area contributed by atoms with Crippen molar-refractivity contribution in [3.63, 3.8) is 0 Å². The normalized spacial score (nSPS) is 27.2. The maximum atomic E-state index is 12.7. The molecule has 0 amide bonds. The third-order valence-corrected chi connectivity index (χ3v) is 2.21. The highest BCUT2D eigenvalue weighted by Crippen LogP contribution is 2.39. The molecular weight excluding hydrogens is 160 g/mol. The van der Waals surface area contributed by atoms with Gasteiger partial charge in [0.15, 0.2) is 11.6 Å². The molecule has 12 heavy (non-hydrogen) atoms. The second-order valence-corrected chi connectivity index (χ2v) is 3.18. The molecule has 1 fully saturated rings. The average molecular weight is 169 g/mol. The lowest BCUT2D eigenvalue weighted by Crippen LogP contribution is -2.01. The lowest BCUT2D eigenvalue weighted by Gasteiger charge is -1.98. The molecule has 1 nitrogen and oxygen atoms in total. The molecule has 3 heteroatoms. The minimum Gasteiger partial charge on any atom is -0.327 e. The average Bonchev–Trinajstić information content (AvgIpc) is 2.73. The maximum Gasteiger partial charge on any atom is 0.159 e. The lowest BCUT2D eigenvalue weighted by atomic mass is 10.1. The van der Waals surface area contributed by atoms with Gasteiger partial charge in [0.25, 0.3) is 0 Å². The summed E-state index contributed by atoms with van der Waals surface area (Å²) in [5, 5.41) is 0. The van der Waals surface area contributed by atoms with Crippen molar-refractivity contribution in [2.24, 2.45) is 5.73 Å². The summed E-state index contributed by atoms with van der Waals surface area (Å²) in [5.74, 6) is -1.35. The van der Waals surface area contributed by atoms with E-state index in [9.17, 15) is 8.78 Å². The molecule has 0 spiro atoms. The van der Waals surface area contributed by atoms with Crippen LogP contribution in [0.5, 0.6) is 0 Å². The van der Waals surface area contributed by atoms with Crippen LogP contribution >= 0.6 is 0 Å². The van der Waals surface area contributed by atoms with E-state index in [1.807, 2.05) is 0 Å². The van der Waals surface area contributed by atoms with Gasteiger partial charge in [-0.15, -0.1) is 0 Å². The Bertz CT molecular complexity index is 311. The van der Waals surface area contributed by atoms with Gasteiger partial charge in [-0.1, -0.05) is 6.07 Å². The van der Waals surface area contributed by atoms with Crippen molar-refractivity contribution in [3.8, 4) is 0 Å². The molecule has 2 N–H and O–H groups in total. The van der Waals surface area contributed by atoms with E-state index in [-0.39, 0.29) is 12.0 Å². The first-order valence-corrected chi connectivity index (χ1v) is 3.89. The fourth-order valence-corrected chi connectivity index (χ4v) is 1.34. The van der Waals surface area contributed by atoms with Gasteiger partial charge >= 0.3 is 0 Å². The van der Waals surface area contributed by atoms with Gasteiger partial charge in [0.1, 0.15) is 0 Å². The van der Waals surface area contributed by atoms with Crippen LogP contribution < -0.4 is 5.73 Å². The predicted octanol–water partition coefficient (Wildman–Crippen LogP) is 1.78. The highest BCUT2D eigenvalue weighted by molar-refractivity contribution is 5.28.